The molecule has 0 bridgehead atoms. The lowest BCUT2D eigenvalue weighted by atomic mass is 9.88. The van der Waals surface area contributed by atoms with E-state index >= 15 is 0 Å². The van der Waals surface area contributed by atoms with Crippen LogP contribution >= 0.6 is 0 Å². The number of aliphatic hydroxyl groups excluding tert-OH is 2. The molecule has 0 aromatic heterocycles. The highest BCUT2D eigenvalue weighted by Gasteiger charge is 2.36. The summed E-state index contributed by atoms with van der Waals surface area (Å²) < 4.78 is 5.25. The lowest BCUT2D eigenvalue weighted by Gasteiger charge is -2.35. The number of hydrogen-bond donors (Lipinski definition) is 4. The first-order valence-electron chi connectivity index (χ1n) is 14.3. The van der Waals surface area contributed by atoms with Crippen LogP contribution in [0, 0.1) is 11.8 Å². The van der Waals surface area contributed by atoms with Crippen LogP contribution in [0.25, 0.3) is 0 Å². The minimum Gasteiger partial charge on any atom is -0.444 e. The van der Waals surface area contributed by atoms with Gasteiger partial charge in [-0.1, -0.05) is 74.5 Å². The van der Waals surface area contributed by atoms with Gasteiger partial charge in [0.15, 0.2) is 0 Å². The highest BCUT2D eigenvalue weighted by Crippen LogP contribution is 2.23. The van der Waals surface area contributed by atoms with Gasteiger partial charge >= 0.3 is 6.09 Å². The van der Waals surface area contributed by atoms with E-state index in [1.165, 1.54) is 4.90 Å². The van der Waals surface area contributed by atoms with E-state index < -0.39 is 47.6 Å². The lowest BCUT2D eigenvalue weighted by molar-refractivity contribution is -0.145. The molecule has 4 atom stereocenters. The quantitative estimate of drug-likeness (QED) is 0.273. The van der Waals surface area contributed by atoms with E-state index in [0.29, 0.717) is 12.8 Å². The molecule has 9 heteroatoms. The summed E-state index contributed by atoms with van der Waals surface area (Å²) >= 11 is 0. The molecule has 2 aromatic rings. The van der Waals surface area contributed by atoms with Crippen molar-refractivity contribution >= 4 is 17.9 Å². The highest BCUT2D eigenvalue weighted by molar-refractivity contribution is 5.97. The summed E-state index contributed by atoms with van der Waals surface area (Å²) in [7, 11) is 0. The van der Waals surface area contributed by atoms with Crippen molar-refractivity contribution in [1.29, 1.82) is 0 Å². The average molecular weight is 570 g/mol. The van der Waals surface area contributed by atoms with E-state index in [-0.39, 0.29) is 31.9 Å². The molecule has 2 aromatic carbocycles. The molecule has 0 fully saturated rings. The van der Waals surface area contributed by atoms with Crippen LogP contribution in [-0.4, -0.2) is 70.0 Å². The summed E-state index contributed by atoms with van der Waals surface area (Å²) in [5.41, 5.74) is 7.42. The first kappa shape index (κ1) is 33.9. The minimum atomic E-state index is -1.03. The molecule has 226 valence electrons. The average Bonchev–Trinajstić information content (AvgIpc) is 2.89. The van der Waals surface area contributed by atoms with Crippen LogP contribution in [0.5, 0.6) is 0 Å². The van der Waals surface area contributed by atoms with E-state index in [9.17, 15) is 24.6 Å². The number of nitrogens with zero attached hydrogens (tertiary/aromatic N) is 1. The Labute approximate surface area is 244 Å². The third-order valence-electron chi connectivity index (χ3n) is 6.63. The maximum absolute atomic E-state index is 14.2. The molecular weight excluding hydrogens is 522 g/mol. The standard InChI is InChI=1S/C32H47N3O6/c1-22(2)18-27(29(38)34-31(40)41-32(3,4)5)35(16-17-36)30(39)25(19-23-12-8-6-9-13-23)21-28(37)26(33)20-24-14-10-7-11-15-24/h6-15,22,25-28,36-37H,16-21,33H2,1-5H3,(H,34,38,40)/t25?,26-,27+,28-/m0/s1. The summed E-state index contributed by atoms with van der Waals surface area (Å²) in [6.45, 7) is 8.38. The predicted octanol–water partition coefficient (Wildman–Crippen LogP) is 3.45. The molecule has 2 rings (SSSR count). The van der Waals surface area contributed by atoms with Gasteiger partial charge in [0, 0.05) is 18.5 Å². The minimum absolute atomic E-state index is 0.00385. The van der Waals surface area contributed by atoms with E-state index in [0.717, 1.165) is 11.1 Å². The molecule has 0 saturated carbocycles. The predicted molar refractivity (Wildman–Crippen MR) is 159 cm³/mol. The third-order valence-corrected chi connectivity index (χ3v) is 6.63. The number of nitrogens with one attached hydrogen (secondary N) is 1. The molecule has 3 amide bonds. The van der Waals surface area contributed by atoms with Gasteiger partial charge in [0.1, 0.15) is 11.6 Å². The fourth-order valence-corrected chi connectivity index (χ4v) is 4.73. The van der Waals surface area contributed by atoms with Gasteiger partial charge < -0.3 is 25.6 Å². The number of ether oxygens (including phenoxy) is 1. The second kappa shape index (κ2) is 16.2. The summed E-state index contributed by atoms with van der Waals surface area (Å²) in [6.07, 6.45) is -0.846. The highest BCUT2D eigenvalue weighted by atomic mass is 16.6. The van der Waals surface area contributed by atoms with Crippen molar-refractivity contribution in [3.05, 3.63) is 71.8 Å². The molecule has 0 radical (unpaired) electrons. The number of rotatable bonds is 14. The lowest BCUT2D eigenvalue weighted by Crippen LogP contribution is -2.55. The smallest absolute Gasteiger partial charge is 0.414 e. The number of benzene rings is 2. The zero-order chi connectivity index (χ0) is 30.6. The van der Waals surface area contributed by atoms with Crippen molar-refractivity contribution in [3.63, 3.8) is 0 Å². The zero-order valence-electron chi connectivity index (χ0n) is 25.0. The Morgan fingerprint density at radius 1 is 0.927 bits per heavy atom. The number of carbonyl (C=O) groups excluding carboxylic acids is 3. The van der Waals surface area contributed by atoms with Gasteiger partial charge in [-0.25, -0.2) is 4.79 Å². The Kier molecular flexibility index (Phi) is 13.4. The van der Waals surface area contributed by atoms with Crippen LogP contribution in [0.1, 0.15) is 58.6 Å². The van der Waals surface area contributed by atoms with Gasteiger partial charge in [-0.2, -0.15) is 0 Å². The van der Waals surface area contributed by atoms with Gasteiger partial charge in [-0.15, -0.1) is 0 Å². The number of aliphatic hydroxyl groups is 2. The third kappa shape index (κ3) is 12.0. The van der Waals surface area contributed by atoms with Crippen molar-refractivity contribution in [1.82, 2.24) is 10.2 Å². The molecule has 0 saturated heterocycles. The Morgan fingerprint density at radius 3 is 1.95 bits per heavy atom. The van der Waals surface area contributed by atoms with Crippen molar-refractivity contribution in [2.24, 2.45) is 17.6 Å². The molecule has 0 heterocycles. The molecule has 0 aliphatic rings. The number of hydrogen-bond acceptors (Lipinski definition) is 7. The van der Waals surface area contributed by atoms with Crippen LogP contribution in [0.3, 0.4) is 0 Å². The number of alkyl carbamates (subject to hydrolysis) is 1. The molecule has 0 spiro atoms. The summed E-state index contributed by atoms with van der Waals surface area (Å²) in [4.78, 5) is 41.2. The van der Waals surface area contributed by atoms with Gasteiger partial charge in [0.05, 0.1) is 12.7 Å². The number of imide groups is 1. The maximum Gasteiger partial charge on any atom is 0.414 e. The van der Waals surface area contributed by atoms with Crippen molar-refractivity contribution in [3.8, 4) is 0 Å². The monoisotopic (exact) mass is 569 g/mol. The Bertz CT molecular complexity index is 1090. The van der Waals surface area contributed by atoms with Gasteiger partial charge in [0.25, 0.3) is 5.91 Å². The van der Waals surface area contributed by atoms with Crippen LogP contribution in [-0.2, 0) is 27.2 Å². The first-order valence-corrected chi connectivity index (χ1v) is 14.3. The summed E-state index contributed by atoms with van der Waals surface area (Å²) in [5.74, 6) is -1.83. The van der Waals surface area contributed by atoms with Gasteiger partial charge in [0.2, 0.25) is 5.91 Å². The molecule has 0 aliphatic carbocycles. The van der Waals surface area contributed by atoms with E-state index in [4.69, 9.17) is 10.5 Å². The first-order chi connectivity index (χ1) is 19.3. The van der Waals surface area contributed by atoms with E-state index in [1.807, 2.05) is 74.5 Å². The molecule has 41 heavy (non-hydrogen) atoms. The Balaban J connectivity index is 2.35. The molecule has 5 N–H and O–H groups in total. The van der Waals surface area contributed by atoms with Gasteiger partial charge in [-0.3, -0.25) is 14.9 Å². The summed E-state index contributed by atoms with van der Waals surface area (Å²) in [5, 5.41) is 23.3. The van der Waals surface area contributed by atoms with Crippen molar-refractivity contribution in [2.75, 3.05) is 13.2 Å². The molecular formula is C32H47N3O6. The second-order valence-electron chi connectivity index (χ2n) is 11.9. The SMILES string of the molecule is CC(C)C[C@H](C(=O)NC(=O)OC(C)(C)C)N(CCO)C(=O)C(Cc1ccccc1)C[C@H](O)[C@@H](N)Cc1ccccc1. The van der Waals surface area contributed by atoms with Crippen molar-refractivity contribution in [2.45, 2.75) is 84.1 Å². The van der Waals surface area contributed by atoms with Crippen LogP contribution in [0.4, 0.5) is 4.79 Å². The van der Waals surface area contributed by atoms with Crippen LogP contribution < -0.4 is 11.1 Å². The maximum atomic E-state index is 14.2. The van der Waals surface area contributed by atoms with Gasteiger partial charge in [-0.05, 0) is 63.5 Å². The zero-order valence-corrected chi connectivity index (χ0v) is 25.0. The van der Waals surface area contributed by atoms with E-state index in [2.05, 4.69) is 5.32 Å². The topological polar surface area (TPSA) is 142 Å². The van der Waals surface area contributed by atoms with E-state index in [1.54, 1.807) is 20.8 Å². The largest absolute Gasteiger partial charge is 0.444 e. The number of nitrogens with two attached hydrogens (primary N) is 1. The molecule has 1 unspecified atom stereocenters. The number of carbonyl (C=O) groups is 3. The normalized spacial score (nSPS) is 14.6. The van der Waals surface area contributed by atoms with Crippen LogP contribution in [0.2, 0.25) is 0 Å². The fourth-order valence-electron chi connectivity index (χ4n) is 4.73. The molecule has 0 aliphatic heterocycles. The second-order valence-corrected chi connectivity index (χ2v) is 11.9. The molecule has 9 nitrogen and oxygen atoms in total. The Morgan fingerprint density at radius 2 is 1.46 bits per heavy atom. The Hall–Kier alpha value is -3.27. The summed E-state index contributed by atoms with van der Waals surface area (Å²) in [6, 6.07) is 17.3. The number of amides is 3. The fraction of sp³-hybridized carbons (Fsp3) is 0.531. The van der Waals surface area contributed by atoms with Crippen LogP contribution in [0.15, 0.2) is 60.7 Å². The van der Waals surface area contributed by atoms with Crippen molar-refractivity contribution < 1.29 is 29.3 Å².